The second-order valence-electron chi connectivity index (χ2n) is 3.95. The SMILES string of the molecule is Cn1ccnc1CCN1CCC(O)C1. The van der Waals surface area contributed by atoms with Crippen molar-refractivity contribution >= 4 is 0 Å². The van der Waals surface area contributed by atoms with Crippen LogP contribution < -0.4 is 0 Å². The lowest BCUT2D eigenvalue weighted by Gasteiger charge is -2.14. The molecule has 1 aromatic heterocycles. The molecule has 4 nitrogen and oxygen atoms in total. The number of β-amino-alcohol motifs (C(OH)–C–C–N with tert-alkyl or cyclic N) is 1. The quantitative estimate of drug-likeness (QED) is 0.740. The second-order valence-corrected chi connectivity index (χ2v) is 3.95. The highest BCUT2D eigenvalue weighted by Gasteiger charge is 2.19. The molecule has 0 aromatic carbocycles. The number of aryl methyl sites for hydroxylation is 1. The van der Waals surface area contributed by atoms with Crippen molar-refractivity contribution in [1.82, 2.24) is 14.5 Å². The lowest BCUT2D eigenvalue weighted by molar-refractivity contribution is 0.176. The molecule has 14 heavy (non-hydrogen) atoms. The maximum Gasteiger partial charge on any atom is 0.109 e. The van der Waals surface area contributed by atoms with E-state index in [1.807, 2.05) is 24.0 Å². The lowest BCUT2D eigenvalue weighted by Crippen LogP contribution is -2.25. The molecule has 0 amide bonds. The molecule has 1 aromatic rings. The van der Waals surface area contributed by atoms with E-state index < -0.39 is 0 Å². The summed E-state index contributed by atoms with van der Waals surface area (Å²) in [5, 5.41) is 9.35. The van der Waals surface area contributed by atoms with Crippen LogP contribution in [0.3, 0.4) is 0 Å². The summed E-state index contributed by atoms with van der Waals surface area (Å²) in [5.74, 6) is 1.12. The highest BCUT2D eigenvalue weighted by atomic mass is 16.3. The number of nitrogens with zero attached hydrogens (tertiary/aromatic N) is 3. The minimum Gasteiger partial charge on any atom is -0.392 e. The fraction of sp³-hybridized carbons (Fsp3) is 0.700. The van der Waals surface area contributed by atoms with E-state index in [1.165, 1.54) is 0 Å². The van der Waals surface area contributed by atoms with Gasteiger partial charge in [-0.1, -0.05) is 0 Å². The van der Waals surface area contributed by atoms with Crippen molar-refractivity contribution in [3.05, 3.63) is 18.2 Å². The summed E-state index contributed by atoms with van der Waals surface area (Å²) in [4.78, 5) is 6.56. The van der Waals surface area contributed by atoms with E-state index in [4.69, 9.17) is 0 Å². The van der Waals surface area contributed by atoms with Gasteiger partial charge >= 0.3 is 0 Å². The largest absolute Gasteiger partial charge is 0.392 e. The van der Waals surface area contributed by atoms with Gasteiger partial charge in [0, 0.05) is 45.5 Å². The van der Waals surface area contributed by atoms with Crippen molar-refractivity contribution in [1.29, 1.82) is 0 Å². The molecule has 0 bridgehead atoms. The van der Waals surface area contributed by atoms with Crippen LogP contribution in [-0.4, -0.2) is 45.3 Å². The Labute approximate surface area is 84.2 Å². The third-order valence-corrected chi connectivity index (χ3v) is 2.82. The first-order valence-corrected chi connectivity index (χ1v) is 5.12. The number of hydrogen-bond donors (Lipinski definition) is 1. The molecule has 1 N–H and O–H groups in total. The van der Waals surface area contributed by atoms with E-state index in [9.17, 15) is 5.11 Å². The van der Waals surface area contributed by atoms with Gasteiger partial charge in [-0.05, 0) is 6.42 Å². The monoisotopic (exact) mass is 195 g/mol. The van der Waals surface area contributed by atoms with Crippen LogP contribution in [0.2, 0.25) is 0 Å². The predicted octanol–water partition coefficient (Wildman–Crippen LogP) is 0.0292. The number of rotatable bonds is 3. The standard InChI is InChI=1S/C10H17N3O/c1-12-7-4-11-10(12)3-6-13-5-2-9(14)8-13/h4,7,9,14H,2-3,5-6,8H2,1H3. The maximum atomic E-state index is 9.35. The van der Waals surface area contributed by atoms with Gasteiger partial charge < -0.3 is 14.6 Å². The van der Waals surface area contributed by atoms with Crippen molar-refractivity contribution in [2.75, 3.05) is 19.6 Å². The Bertz CT molecular complexity index is 297. The zero-order chi connectivity index (χ0) is 9.97. The van der Waals surface area contributed by atoms with Gasteiger partial charge in [0.2, 0.25) is 0 Å². The van der Waals surface area contributed by atoms with E-state index in [1.54, 1.807) is 0 Å². The number of imidazole rings is 1. The Morgan fingerprint density at radius 2 is 2.50 bits per heavy atom. The molecule has 1 aliphatic rings. The average molecular weight is 195 g/mol. The molecule has 2 rings (SSSR count). The van der Waals surface area contributed by atoms with Crippen LogP contribution in [0.1, 0.15) is 12.2 Å². The van der Waals surface area contributed by atoms with Gasteiger partial charge in [0.05, 0.1) is 6.10 Å². The molecule has 1 atom stereocenters. The van der Waals surface area contributed by atoms with Crippen LogP contribution in [0, 0.1) is 0 Å². The maximum absolute atomic E-state index is 9.35. The van der Waals surface area contributed by atoms with Crippen molar-refractivity contribution < 1.29 is 5.11 Å². The van der Waals surface area contributed by atoms with Crippen LogP contribution in [-0.2, 0) is 13.5 Å². The molecule has 1 fully saturated rings. The van der Waals surface area contributed by atoms with Gasteiger partial charge in [0.25, 0.3) is 0 Å². The van der Waals surface area contributed by atoms with Gasteiger partial charge in [-0.15, -0.1) is 0 Å². The fourth-order valence-corrected chi connectivity index (χ4v) is 1.91. The first-order valence-electron chi connectivity index (χ1n) is 5.12. The van der Waals surface area contributed by atoms with Gasteiger partial charge in [-0.3, -0.25) is 0 Å². The fourth-order valence-electron chi connectivity index (χ4n) is 1.91. The Morgan fingerprint density at radius 1 is 1.64 bits per heavy atom. The highest BCUT2D eigenvalue weighted by Crippen LogP contribution is 2.09. The molecule has 0 aliphatic carbocycles. The van der Waals surface area contributed by atoms with Crippen molar-refractivity contribution in [3.63, 3.8) is 0 Å². The first-order chi connectivity index (χ1) is 6.75. The molecular formula is C10H17N3O. The smallest absolute Gasteiger partial charge is 0.109 e. The summed E-state index contributed by atoms with van der Waals surface area (Å²) in [6, 6.07) is 0. The van der Waals surface area contributed by atoms with Crippen molar-refractivity contribution in [2.45, 2.75) is 18.9 Å². The topological polar surface area (TPSA) is 41.3 Å². The number of likely N-dealkylation sites (tertiary alicyclic amines) is 1. The zero-order valence-electron chi connectivity index (χ0n) is 8.56. The first kappa shape index (κ1) is 9.68. The molecular weight excluding hydrogens is 178 g/mol. The van der Waals surface area contributed by atoms with Gasteiger partial charge in [0.15, 0.2) is 0 Å². The van der Waals surface area contributed by atoms with Crippen LogP contribution >= 0.6 is 0 Å². The van der Waals surface area contributed by atoms with E-state index >= 15 is 0 Å². The molecule has 0 radical (unpaired) electrons. The van der Waals surface area contributed by atoms with Gasteiger partial charge in [0.1, 0.15) is 5.82 Å². The summed E-state index contributed by atoms with van der Waals surface area (Å²) in [6.45, 7) is 2.85. The molecule has 2 heterocycles. The van der Waals surface area contributed by atoms with E-state index in [2.05, 4.69) is 9.88 Å². The lowest BCUT2D eigenvalue weighted by atomic mass is 10.3. The third kappa shape index (κ3) is 2.13. The minimum absolute atomic E-state index is 0.114. The van der Waals surface area contributed by atoms with Crippen LogP contribution in [0.25, 0.3) is 0 Å². The molecule has 1 saturated heterocycles. The molecule has 4 heteroatoms. The Balaban J connectivity index is 1.80. The molecule has 78 valence electrons. The van der Waals surface area contributed by atoms with E-state index in [0.29, 0.717) is 0 Å². The van der Waals surface area contributed by atoms with E-state index in [-0.39, 0.29) is 6.10 Å². The molecule has 0 saturated carbocycles. The zero-order valence-corrected chi connectivity index (χ0v) is 8.56. The van der Waals surface area contributed by atoms with Crippen LogP contribution in [0.4, 0.5) is 0 Å². The molecule has 0 spiro atoms. The van der Waals surface area contributed by atoms with Crippen LogP contribution in [0.15, 0.2) is 12.4 Å². The molecule has 1 aliphatic heterocycles. The summed E-state index contributed by atoms with van der Waals surface area (Å²) in [7, 11) is 2.02. The highest BCUT2D eigenvalue weighted by molar-refractivity contribution is 4.92. The van der Waals surface area contributed by atoms with Crippen molar-refractivity contribution in [2.24, 2.45) is 7.05 Å². The number of aliphatic hydroxyl groups excluding tert-OH is 1. The molecule has 1 unspecified atom stereocenters. The average Bonchev–Trinajstić information content (AvgIpc) is 2.72. The van der Waals surface area contributed by atoms with E-state index in [0.717, 1.165) is 38.3 Å². The number of aromatic nitrogens is 2. The summed E-state index contributed by atoms with van der Waals surface area (Å²) >= 11 is 0. The Kier molecular flexibility index (Phi) is 2.84. The number of hydrogen-bond acceptors (Lipinski definition) is 3. The predicted molar refractivity (Wildman–Crippen MR) is 54.0 cm³/mol. The van der Waals surface area contributed by atoms with Crippen molar-refractivity contribution in [3.8, 4) is 0 Å². The van der Waals surface area contributed by atoms with Gasteiger partial charge in [-0.2, -0.15) is 0 Å². The van der Waals surface area contributed by atoms with Gasteiger partial charge in [-0.25, -0.2) is 4.98 Å². The number of aliphatic hydroxyl groups is 1. The summed E-state index contributed by atoms with van der Waals surface area (Å²) in [6.07, 6.45) is 5.57. The minimum atomic E-state index is -0.114. The van der Waals surface area contributed by atoms with Crippen LogP contribution in [0.5, 0.6) is 0 Å². The third-order valence-electron chi connectivity index (χ3n) is 2.82. The normalized spacial score (nSPS) is 23.1. The second kappa shape index (κ2) is 4.11. The summed E-state index contributed by atoms with van der Waals surface area (Å²) < 4.78 is 2.05. The Hall–Kier alpha value is -0.870. The Morgan fingerprint density at radius 3 is 3.07 bits per heavy atom. The summed E-state index contributed by atoms with van der Waals surface area (Å²) in [5.41, 5.74) is 0.